The van der Waals surface area contributed by atoms with Crippen LogP contribution in [-0.4, -0.2) is 26.0 Å². The molecule has 1 aromatic heterocycles. The molecule has 0 aliphatic rings. The molecule has 0 bridgehead atoms. The summed E-state index contributed by atoms with van der Waals surface area (Å²) in [6, 6.07) is 14.0. The highest BCUT2D eigenvalue weighted by atomic mass is 32.2. The van der Waals surface area contributed by atoms with Gasteiger partial charge in [0.2, 0.25) is 11.1 Å². The number of nitrogen functional groups attached to an aromatic ring is 1. The minimum atomic E-state index is -0.472. The molecule has 0 aliphatic heterocycles. The minimum Gasteiger partial charge on any atom is -0.335 e. The quantitative estimate of drug-likeness (QED) is 0.442. The third-order valence-corrected chi connectivity index (χ3v) is 5.85. The van der Waals surface area contributed by atoms with Gasteiger partial charge in [0.1, 0.15) is 5.82 Å². The monoisotopic (exact) mass is 413 g/mol. The molecule has 29 heavy (non-hydrogen) atoms. The molecule has 152 valence electrons. The lowest BCUT2D eigenvalue weighted by Gasteiger charge is -2.17. The summed E-state index contributed by atoms with van der Waals surface area (Å²) < 4.78 is 15.2. The number of carbonyl (C=O) groups is 1. The van der Waals surface area contributed by atoms with E-state index in [-0.39, 0.29) is 17.3 Å². The number of nitrogens with two attached hydrogens (primary N) is 1. The molecule has 2 aromatic carbocycles. The second kappa shape index (κ2) is 9.09. The summed E-state index contributed by atoms with van der Waals surface area (Å²) in [5, 5.41) is 10.9. The normalized spacial score (nSPS) is 13.1. The predicted octanol–water partition coefficient (Wildman–Crippen LogP) is 4.43. The number of aromatic nitrogens is 3. The van der Waals surface area contributed by atoms with E-state index >= 15 is 0 Å². The molecule has 0 radical (unpaired) electrons. The molecule has 0 saturated heterocycles. The zero-order chi connectivity index (χ0) is 21.0. The van der Waals surface area contributed by atoms with Gasteiger partial charge in [-0.3, -0.25) is 4.79 Å². The second-order valence-corrected chi connectivity index (χ2v) is 8.11. The Morgan fingerprint density at radius 2 is 1.86 bits per heavy atom. The average molecular weight is 414 g/mol. The molecule has 0 unspecified atom stereocenters. The summed E-state index contributed by atoms with van der Waals surface area (Å²) in [5.41, 5.74) is 2.17. The number of carbonyl (C=O) groups excluding carboxylic acids is 1. The molecule has 0 saturated carbocycles. The molecule has 6 nitrogen and oxygen atoms in total. The molecule has 0 aliphatic carbocycles. The summed E-state index contributed by atoms with van der Waals surface area (Å²) >= 11 is 1.17. The van der Waals surface area contributed by atoms with Crippen molar-refractivity contribution in [1.82, 2.24) is 14.9 Å². The number of nitrogens with zero attached hydrogens (tertiary/aromatic N) is 3. The summed E-state index contributed by atoms with van der Waals surface area (Å²) in [6.45, 7) is 6.01. The van der Waals surface area contributed by atoms with Crippen molar-refractivity contribution in [1.29, 1.82) is 0 Å². The summed E-state index contributed by atoms with van der Waals surface area (Å²) in [7, 11) is 0. The molecule has 2 atom stereocenters. The maximum absolute atomic E-state index is 14.0. The van der Waals surface area contributed by atoms with Crippen molar-refractivity contribution in [2.24, 2.45) is 0 Å². The van der Waals surface area contributed by atoms with Gasteiger partial charge in [-0.25, -0.2) is 9.07 Å². The number of amides is 1. The third-order valence-electron chi connectivity index (χ3n) is 4.79. The highest BCUT2D eigenvalue weighted by Crippen LogP contribution is 2.29. The maximum atomic E-state index is 14.0. The Labute approximate surface area is 173 Å². The van der Waals surface area contributed by atoms with Gasteiger partial charge >= 0.3 is 0 Å². The van der Waals surface area contributed by atoms with E-state index in [2.05, 4.69) is 29.4 Å². The van der Waals surface area contributed by atoms with E-state index in [9.17, 15) is 9.18 Å². The fourth-order valence-corrected chi connectivity index (χ4v) is 3.66. The van der Waals surface area contributed by atoms with Crippen LogP contribution in [0.15, 0.2) is 53.7 Å². The predicted molar refractivity (Wildman–Crippen MR) is 115 cm³/mol. The van der Waals surface area contributed by atoms with E-state index in [1.165, 1.54) is 22.5 Å². The molecule has 8 heteroatoms. The third kappa shape index (κ3) is 4.59. The van der Waals surface area contributed by atoms with Gasteiger partial charge in [0.05, 0.1) is 10.8 Å². The molecular weight excluding hydrogens is 389 g/mol. The van der Waals surface area contributed by atoms with Crippen LogP contribution < -0.4 is 11.2 Å². The highest BCUT2D eigenvalue weighted by Gasteiger charge is 2.22. The molecule has 3 N–H and O–H groups in total. The van der Waals surface area contributed by atoms with Gasteiger partial charge in [-0.05, 0) is 43.0 Å². The van der Waals surface area contributed by atoms with Crippen molar-refractivity contribution in [3.63, 3.8) is 0 Å². The molecule has 1 heterocycles. The summed E-state index contributed by atoms with van der Waals surface area (Å²) in [5.74, 6) is 6.01. The van der Waals surface area contributed by atoms with Crippen molar-refractivity contribution in [2.75, 3.05) is 11.2 Å². The Morgan fingerprint density at radius 1 is 1.17 bits per heavy atom. The molecule has 0 spiro atoms. The van der Waals surface area contributed by atoms with Gasteiger partial charge < -0.3 is 11.2 Å². The highest BCUT2D eigenvalue weighted by molar-refractivity contribution is 8.00. The first kappa shape index (κ1) is 20.9. The molecular formula is C21H24FN5OS. The van der Waals surface area contributed by atoms with Crippen LogP contribution in [0.4, 0.5) is 10.1 Å². The first-order chi connectivity index (χ1) is 13.9. The van der Waals surface area contributed by atoms with Crippen molar-refractivity contribution < 1.29 is 9.18 Å². The maximum Gasteiger partial charge on any atom is 0.237 e. The number of para-hydroxylation sites is 1. The van der Waals surface area contributed by atoms with Gasteiger partial charge in [-0.15, -0.1) is 10.2 Å². The van der Waals surface area contributed by atoms with Crippen molar-refractivity contribution in [3.05, 3.63) is 59.9 Å². The lowest BCUT2D eigenvalue weighted by atomic mass is 9.97. The molecule has 1 amide bonds. The summed E-state index contributed by atoms with van der Waals surface area (Å²) in [4.78, 5) is 12.7. The van der Waals surface area contributed by atoms with Crippen LogP contribution >= 0.6 is 11.8 Å². The van der Waals surface area contributed by atoms with Crippen LogP contribution in [0, 0.1) is 5.82 Å². The lowest BCUT2D eigenvalue weighted by Crippen LogP contribution is -2.24. The number of thioether (sulfide) groups is 1. The van der Waals surface area contributed by atoms with Crippen LogP contribution in [0.2, 0.25) is 0 Å². The molecule has 3 aromatic rings. The van der Waals surface area contributed by atoms with Crippen LogP contribution in [0.5, 0.6) is 0 Å². The zero-order valence-electron chi connectivity index (χ0n) is 16.6. The van der Waals surface area contributed by atoms with Crippen LogP contribution in [-0.2, 0) is 4.79 Å². The Kier molecular flexibility index (Phi) is 6.53. The Balaban J connectivity index is 1.74. The van der Waals surface area contributed by atoms with E-state index in [1.54, 1.807) is 25.1 Å². The largest absolute Gasteiger partial charge is 0.335 e. The smallest absolute Gasteiger partial charge is 0.237 e. The number of halogens is 1. The Morgan fingerprint density at radius 3 is 2.59 bits per heavy atom. The average Bonchev–Trinajstić information content (AvgIpc) is 3.08. The van der Waals surface area contributed by atoms with E-state index in [0.717, 1.165) is 17.7 Å². The Hall–Kier alpha value is -2.87. The van der Waals surface area contributed by atoms with E-state index in [1.807, 2.05) is 24.3 Å². The van der Waals surface area contributed by atoms with Gasteiger partial charge in [0.15, 0.2) is 5.82 Å². The topological polar surface area (TPSA) is 85.8 Å². The minimum absolute atomic E-state index is 0.166. The first-order valence-electron chi connectivity index (χ1n) is 9.44. The van der Waals surface area contributed by atoms with Crippen LogP contribution in [0.25, 0.3) is 11.4 Å². The number of benzene rings is 2. The lowest BCUT2D eigenvalue weighted by molar-refractivity contribution is -0.115. The van der Waals surface area contributed by atoms with Crippen LogP contribution in [0.3, 0.4) is 0 Å². The van der Waals surface area contributed by atoms with E-state index in [0.29, 0.717) is 11.1 Å². The number of hydrogen-bond acceptors (Lipinski definition) is 5. The van der Waals surface area contributed by atoms with Crippen molar-refractivity contribution >= 4 is 23.4 Å². The zero-order valence-corrected chi connectivity index (χ0v) is 17.4. The van der Waals surface area contributed by atoms with Gasteiger partial charge in [0.25, 0.3) is 0 Å². The fraction of sp³-hybridized carbons (Fsp3) is 0.286. The van der Waals surface area contributed by atoms with Gasteiger partial charge in [0, 0.05) is 5.69 Å². The number of hydrogen-bond donors (Lipinski definition) is 2. The first-order valence-corrected chi connectivity index (χ1v) is 10.3. The Bertz CT molecular complexity index is 1010. The van der Waals surface area contributed by atoms with Crippen molar-refractivity contribution in [3.8, 4) is 11.4 Å². The van der Waals surface area contributed by atoms with E-state index < -0.39 is 11.1 Å². The number of anilines is 1. The molecule has 0 fully saturated rings. The second-order valence-electron chi connectivity index (χ2n) is 6.80. The SMILES string of the molecule is CC[C@@H](C)c1ccccc1NC(=O)[C@@H](C)Sc1nnc(-c2ccccc2F)n1N. The molecule has 3 rings (SSSR count). The fourth-order valence-electron chi connectivity index (χ4n) is 2.89. The van der Waals surface area contributed by atoms with Gasteiger partial charge in [-0.1, -0.05) is 55.9 Å². The number of nitrogens with one attached hydrogen (secondary N) is 1. The number of rotatable bonds is 7. The van der Waals surface area contributed by atoms with Crippen molar-refractivity contribution in [2.45, 2.75) is 43.5 Å². The standard InChI is InChI=1S/C21H24FN5OS/c1-4-13(2)15-9-6-8-12-18(15)24-20(28)14(3)29-21-26-25-19(27(21)23)16-10-5-7-11-17(16)22/h5-14H,4,23H2,1-3H3,(H,24,28)/t13-,14-/m1/s1. The summed E-state index contributed by atoms with van der Waals surface area (Å²) in [6.07, 6.45) is 0.978. The van der Waals surface area contributed by atoms with Gasteiger partial charge in [-0.2, -0.15) is 0 Å². The van der Waals surface area contributed by atoms with E-state index in [4.69, 9.17) is 5.84 Å². The van der Waals surface area contributed by atoms with Crippen LogP contribution in [0.1, 0.15) is 38.7 Å².